The fourth-order valence-electron chi connectivity index (χ4n) is 2.61. The second-order valence-electron chi connectivity index (χ2n) is 5.68. The van der Waals surface area contributed by atoms with Crippen LogP contribution >= 0.6 is 23.1 Å². The van der Waals surface area contributed by atoms with Gasteiger partial charge in [0.05, 0.1) is 19.4 Å². The lowest BCUT2D eigenvalue weighted by Crippen LogP contribution is -2.04. The van der Waals surface area contributed by atoms with Crippen molar-refractivity contribution in [3.05, 3.63) is 58.5 Å². The Labute approximate surface area is 164 Å². The highest BCUT2D eigenvalue weighted by Gasteiger charge is 2.13. The molecule has 0 spiro atoms. The zero-order valence-corrected chi connectivity index (χ0v) is 16.2. The smallest absolute Gasteiger partial charge is 0.209 e. The number of thiophene rings is 1. The minimum Gasteiger partial charge on any atom is -0.496 e. The molecule has 4 rings (SSSR count). The minimum atomic E-state index is 0.599. The van der Waals surface area contributed by atoms with Crippen LogP contribution in [0.25, 0.3) is 11.3 Å². The molecule has 138 valence electrons. The highest BCUT2D eigenvalue weighted by molar-refractivity contribution is 7.98. The lowest BCUT2D eigenvalue weighted by molar-refractivity contribution is 0.395. The van der Waals surface area contributed by atoms with Crippen LogP contribution in [0, 0.1) is 0 Å². The second kappa shape index (κ2) is 8.36. The van der Waals surface area contributed by atoms with E-state index in [0.29, 0.717) is 5.75 Å². The first-order valence-electron chi connectivity index (χ1n) is 8.34. The molecule has 0 saturated carbocycles. The van der Waals surface area contributed by atoms with Crippen molar-refractivity contribution < 1.29 is 9.26 Å². The number of aromatic nitrogens is 5. The Morgan fingerprint density at radius 1 is 1.22 bits per heavy atom. The van der Waals surface area contributed by atoms with E-state index >= 15 is 0 Å². The summed E-state index contributed by atoms with van der Waals surface area (Å²) in [7, 11) is 1.64. The van der Waals surface area contributed by atoms with Crippen molar-refractivity contribution in [1.82, 2.24) is 25.4 Å². The highest BCUT2D eigenvalue weighted by atomic mass is 32.2. The van der Waals surface area contributed by atoms with Crippen molar-refractivity contribution in [3.63, 3.8) is 0 Å². The molecule has 0 bridgehead atoms. The first-order chi connectivity index (χ1) is 13.3. The van der Waals surface area contributed by atoms with Crippen LogP contribution in [0.15, 0.2) is 57.5 Å². The Hall–Kier alpha value is -2.65. The Bertz CT molecular complexity index is 997. The van der Waals surface area contributed by atoms with Crippen LogP contribution in [0.1, 0.15) is 10.6 Å². The number of hydrogen-bond donors (Lipinski definition) is 0. The molecule has 9 heteroatoms. The number of tetrazole rings is 1. The summed E-state index contributed by atoms with van der Waals surface area (Å²) in [4.78, 5) is 1.32. The average Bonchev–Trinajstić information content (AvgIpc) is 3.46. The molecule has 0 aliphatic rings. The number of methoxy groups -OCH3 is 1. The van der Waals surface area contributed by atoms with Gasteiger partial charge in [0.2, 0.25) is 5.16 Å². The van der Waals surface area contributed by atoms with Gasteiger partial charge < -0.3 is 9.26 Å². The van der Waals surface area contributed by atoms with Crippen molar-refractivity contribution in [1.29, 1.82) is 0 Å². The quantitative estimate of drug-likeness (QED) is 0.415. The number of hydrogen-bond acceptors (Lipinski definition) is 8. The molecule has 0 fully saturated rings. The maximum atomic E-state index is 5.47. The summed E-state index contributed by atoms with van der Waals surface area (Å²) in [5, 5.41) is 19.0. The predicted octanol–water partition coefficient (Wildman–Crippen LogP) is 3.93. The molecular weight excluding hydrogens is 382 g/mol. The van der Waals surface area contributed by atoms with E-state index in [-0.39, 0.29) is 0 Å². The van der Waals surface area contributed by atoms with Crippen molar-refractivity contribution in [3.8, 4) is 17.0 Å². The van der Waals surface area contributed by atoms with Gasteiger partial charge in [-0.05, 0) is 34.0 Å². The molecule has 0 aliphatic carbocycles. The summed E-state index contributed by atoms with van der Waals surface area (Å²) in [5.74, 6) is 2.12. The third-order valence-electron chi connectivity index (χ3n) is 3.93. The van der Waals surface area contributed by atoms with Gasteiger partial charge in [-0.25, -0.2) is 4.68 Å². The maximum Gasteiger partial charge on any atom is 0.209 e. The number of para-hydroxylation sites is 1. The van der Waals surface area contributed by atoms with Gasteiger partial charge in [-0.15, -0.1) is 16.4 Å². The lowest BCUT2D eigenvalue weighted by atomic mass is 10.1. The number of aryl methyl sites for hydroxylation is 2. The molecule has 27 heavy (non-hydrogen) atoms. The molecule has 0 radical (unpaired) electrons. The molecular formula is C18H17N5O2S2. The molecule has 0 saturated heterocycles. The van der Waals surface area contributed by atoms with Crippen LogP contribution in [-0.2, 0) is 18.7 Å². The zero-order chi connectivity index (χ0) is 18.5. The summed E-state index contributed by atoms with van der Waals surface area (Å²) in [5.41, 5.74) is 1.65. The first-order valence-corrected chi connectivity index (χ1v) is 10.2. The molecule has 0 N–H and O–H groups in total. The molecule has 4 aromatic rings. The summed E-state index contributed by atoms with van der Waals surface area (Å²) in [6, 6.07) is 13.8. The lowest BCUT2D eigenvalue weighted by Gasteiger charge is -2.03. The molecule has 7 nitrogen and oxygen atoms in total. The molecule has 0 atom stereocenters. The number of nitrogens with zero attached hydrogens (tertiary/aromatic N) is 5. The van der Waals surface area contributed by atoms with Crippen molar-refractivity contribution in [2.45, 2.75) is 23.9 Å². The molecule has 3 aromatic heterocycles. The van der Waals surface area contributed by atoms with Crippen LogP contribution in [0.3, 0.4) is 0 Å². The normalized spacial score (nSPS) is 11.0. The molecule has 3 heterocycles. The number of rotatable bonds is 8. The highest BCUT2D eigenvalue weighted by Crippen LogP contribution is 2.30. The van der Waals surface area contributed by atoms with E-state index in [1.807, 2.05) is 35.0 Å². The van der Waals surface area contributed by atoms with E-state index in [9.17, 15) is 0 Å². The van der Waals surface area contributed by atoms with Crippen molar-refractivity contribution in [2.75, 3.05) is 7.11 Å². The number of benzene rings is 1. The average molecular weight is 400 g/mol. The monoisotopic (exact) mass is 399 g/mol. The number of thioether (sulfide) groups is 1. The van der Waals surface area contributed by atoms with E-state index in [0.717, 1.165) is 40.9 Å². The van der Waals surface area contributed by atoms with Gasteiger partial charge >= 0.3 is 0 Å². The Kier molecular flexibility index (Phi) is 5.50. The zero-order valence-electron chi connectivity index (χ0n) is 14.6. The van der Waals surface area contributed by atoms with Crippen molar-refractivity contribution >= 4 is 23.1 Å². The molecule has 0 unspecified atom stereocenters. The third-order valence-corrected chi connectivity index (χ3v) is 5.85. The SMILES string of the molecule is COc1ccccc1-c1cc(CSc2nnnn2CCc2cccs2)on1. The van der Waals surface area contributed by atoms with E-state index in [2.05, 4.69) is 38.2 Å². The predicted molar refractivity (Wildman–Crippen MR) is 104 cm³/mol. The van der Waals surface area contributed by atoms with Crippen LogP contribution < -0.4 is 4.74 Å². The van der Waals surface area contributed by atoms with Crippen LogP contribution in [0.5, 0.6) is 5.75 Å². The molecule has 1 aromatic carbocycles. The van der Waals surface area contributed by atoms with Crippen LogP contribution in [-0.4, -0.2) is 32.5 Å². The number of ether oxygens (including phenoxy) is 1. The van der Waals surface area contributed by atoms with Gasteiger partial charge in [0.25, 0.3) is 0 Å². The molecule has 0 amide bonds. The Morgan fingerprint density at radius 3 is 3.00 bits per heavy atom. The standard InChI is InChI=1S/C18H17N5O2S2/c1-24-17-7-3-2-6-15(17)16-11-13(25-20-16)12-27-18-19-21-22-23(18)9-8-14-5-4-10-26-14/h2-7,10-11H,8-9,12H2,1H3. The largest absolute Gasteiger partial charge is 0.496 e. The molecule has 0 aliphatic heterocycles. The third kappa shape index (κ3) is 4.20. The van der Waals surface area contributed by atoms with Gasteiger partial charge in [0.1, 0.15) is 17.2 Å². The van der Waals surface area contributed by atoms with Crippen molar-refractivity contribution in [2.24, 2.45) is 0 Å². The van der Waals surface area contributed by atoms with E-state index < -0.39 is 0 Å². The van der Waals surface area contributed by atoms with Crippen LogP contribution in [0.4, 0.5) is 0 Å². The van der Waals surface area contributed by atoms with Crippen LogP contribution in [0.2, 0.25) is 0 Å². The first kappa shape index (κ1) is 17.7. The minimum absolute atomic E-state index is 0.599. The fraction of sp³-hybridized carbons (Fsp3) is 0.222. The summed E-state index contributed by atoms with van der Waals surface area (Å²) >= 11 is 3.27. The topological polar surface area (TPSA) is 78.9 Å². The Morgan fingerprint density at radius 2 is 2.15 bits per heavy atom. The fourth-order valence-corrected chi connectivity index (χ4v) is 4.09. The summed E-state index contributed by atoms with van der Waals surface area (Å²) in [6.45, 7) is 0.749. The van der Waals surface area contributed by atoms with Gasteiger partial charge in [-0.2, -0.15) is 0 Å². The maximum absolute atomic E-state index is 5.47. The van der Waals surface area contributed by atoms with Gasteiger partial charge in [0, 0.05) is 22.9 Å². The van der Waals surface area contributed by atoms with E-state index in [4.69, 9.17) is 9.26 Å². The second-order valence-corrected chi connectivity index (χ2v) is 7.66. The van der Waals surface area contributed by atoms with E-state index in [1.165, 1.54) is 16.6 Å². The van der Waals surface area contributed by atoms with Gasteiger partial charge in [-0.3, -0.25) is 0 Å². The Balaban J connectivity index is 1.40. The summed E-state index contributed by atoms with van der Waals surface area (Å²) < 4.78 is 12.7. The van der Waals surface area contributed by atoms with Gasteiger partial charge in [0.15, 0.2) is 0 Å². The summed E-state index contributed by atoms with van der Waals surface area (Å²) in [6.07, 6.45) is 0.913. The van der Waals surface area contributed by atoms with E-state index in [1.54, 1.807) is 18.4 Å². The van der Waals surface area contributed by atoms with Gasteiger partial charge in [-0.1, -0.05) is 35.1 Å².